The number of H-pyrrole nitrogens is 1. The lowest BCUT2D eigenvalue weighted by Crippen LogP contribution is -2.49. The first-order chi connectivity index (χ1) is 21.2. The van der Waals surface area contributed by atoms with Gasteiger partial charge in [-0.2, -0.15) is 31.4 Å². The molecule has 0 unspecified atom stereocenters. The second-order valence-corrected chi connectivity index (χ2v) is 10.5. The van der Waals surface area contributed by atoms with Crippen LogP contribution in [0.2, 0.25) is 0 Å². The number of anilines is 2. The molecule has 1 N–H and O–H groups in total. The van der Waals surface area contributed by atoms with E-state index in [0.29, 0.717) is 18.5 Å². The number of nitrogens with one attached hydrogen (secondary N) is 1. The fourth-order valence-electron chi connectivity index (χ4n) is 5.24. The number of piperazine rings is 1. The molecule has 10 nitrogen and oxygen atoms in total. The van der Waals surface area contributed by atoms with Crippen LogP contribution in [-0.2, 0) is 17.1 Å². The number of amides is 1. The van der Waals surface area contributed by atoms with E-state index in [4.69, 9.17) is 4.74 Å². The second kappa shape index (κ2) is 12.5. The summed E-state index contributed by atoms with van der Waals surface area (Å²) in [5.41, 5.74) is -3.86. The molecule has 0 bridgehead atoms. The highest BCUT2D eigenvalue weighted by Gasteiger charge is 2.39. The van der Waals surface area contributed by atoms with Crippen molar-refractivity contribution in [1.29, 1.82) is 0 Å². The van der Waals surface area contributed by atoms with E-state index in [1.807, 2.05) is 5.10 Å². The molecular weight excluding hydrogens is 622 g/mol. The van der Waals surface area contributed by atoms with Crippen LogP contribution in [-0.4, -0.2) is 75.8 Å². The molecule has 2 aliphatic rings. The summed E-state index contributed by atoms with van der Waals surface area (Å²) in [7, 11) is 0. The van der Waals surface area contributed by atoms with Gasteiger partial charge in [-0.15, -0.1) is 0 Å². The first kappa shape index (κ1) is 31.9. The van der Waals surface area contributed by atoms with Gasteiger partial charge in [0.15, 0.2) is 11.6 Å². The van der Waals surface area contributed by atoms with E-state index in [2.05, 4.69) is 15.1 Å². The van der Waals surface area contributed by atoms with E-state index >= 15 is 0 Å². The molecule has 4 heterocycles. The van der Waals surface area contributed by atoms with Crippen LogP contribution in [0, 0.1) is 11.6 Å². The van der Waals surface area contributed by atoms with Crippen molar-refractivity contribution in [1.82, 2.24) is 25.1 Å². The van der Waals surface area contributed by atoms with Crippen LogP contribution in [0.5, 0.6) is 5.75 Å². The van der Waals surface area contributed by atoms with Crippen molar-refractivity contribution >= 4 is 17.7 Å². The average molecular weight is 648 g/mol. The number of carbonyl (C=O) groups excluding carboxylic acids is 1. The molecule has 2 aromatic heterocycles. The van der Waals surface area contributed by atoms with Crippen LogP contribution in [0.25, 0.3) is 0 Å². The fourth-order valence-corrected chi connectivity index (χ4v) is 5.24. The molecule has 0 aliphatic carbocycles. The Balaban J connectivity index is 1.24. The van der Waals surface area contributed by atoms with Gasteiger partial charge in [-0.05, 0) is 18.6 Å². The van der Waals surface area contributed by atoms with Crippen LogP contribution >= 0.6 is 0 Å². The van der Waals surface area contributed by atoms with Gasteiger partial charge >= 0.3 is 12.4 Å². The Hall–Kier alpha value is -4.51. The summed E-state index contributed by atoms with van der Waals surface area (Å²) in [5.74, 6) is -2.62. The Bertz CT molecular complexity index is 1570. The standard InChI is InChI=1S/C27H25F8N7O3/c28-20-3-2-17(10-21(20)29)45-18-9-16(42(14-18)22-11-19(27(33,34)35)24(44)39-38-22)1-4-23(43)40-5-7-41(8-6-40)25-36-12-15(13-37-25)26(30,31)32/h2-3,10-13,16,18H,1,4-9,14H2,(H,39,44)/t16-,18-/m1/s1. The molecule has 1 aromatic carbocycles. The predicted octanol–water partition coefficient (Wildman–Crippen LogP) is 4.03. The summed E-state index contributed by atoms with van der Waals surface area (Å²) in [6.45, 7) is 0.961. The summed E-state index contributed by atoms with van der Waals surface area (Å²) in [6, 6.07) is 2.94. The Labute approximate surface area is 249 Å². The summed E-state index contributed by atoms with van der Waals surface area (Å²) in [5, 5.41) is 5.62. The number of hydrogen-bond donors (Lipinski definition) is 1. The topological polar surface area (TPSA) is 108 Å². The fraction of sp³-hybridized carbons (Fsp3) is 0.444. The monoisotopic (exact) mass is 647 g/mol. The molecule has 2 fully saturated rings. The molecule has 242 valence electrons. The zero-order chi connectivity index (χ0) is 32.5. The lowest BCUT2D eigenvalue weighted by molar-refractivity contribution is -0.139. The van der Waals surface area contributed by atoms with Crippen molar-refractivity contribution in [2.24, 2.45) is 0 Å². The van der Waals surface area contributed by atoms with E-state index in [0.717, 1.165) is 12.1 Å². The number of nitrogens with zero attached hydrogens (tertiary/aromatic N) is 6. The van der Waals surface area contributed by atoms with E-state index in [-0.39, 0.29) is 75.4 Å². The number of benzene rings is 1. The number of hydrogen-bond acceptors (Lipinski definition) is 8. The van der Waals surface area contributed by atoms with Crippen molar-refractivity contribution in [2.75, 3.05) is 42.5 Å². The van der Waals surface area contributed by atoms with Crippen LogP contribution in [0.3, 0.4) is 0 Å². The number of aromatic amines is 1. The van der Waals surface area contributed by atoms with Gasteiger partial charge in [-0.3, -0.25) is 9.59 Å². The number of rotatable bonds is 7. The molecule has 2 atom stereocenters. The molecule has 0 saturated carbocycles. The molecule has 2 saturated heterocycles. The van der Waals surface area contributed by atoms with Crippen molar-refractivity contribution in [3.05, 3.63) is 69.8 Å². The maximum atomic E-state index is 13.7. The average Bonchev–Trinajstić information content (AvgIpc) is 3.39. The minimum Gasteiger partial charge on any atom is -0.488 e. The first-order valence-corrected chi connectivity index (χ1v) is 13.7. The Morgan fingerprint density at radius 3 is 2.27 bits per heavy atom. The molecular formula is C27H25F8N7O3. The largest absolute Gasteiger partial charge is 0.488 e. The zero-order valence-corrected chi connectivity index (χ0v) is 23.2. The summed E-state index contributed by atoms with van der Waals surface area (Å²) < 4.78 is 112. The number of aromatic nitrogens is 4. The maximum absolute atomic E-state index is 13.7. The molecule has 3 aromatic rings. The van der Waals surface area contributed by atoms with Gasteiger partial charge in [-0.25, -0.2) is 23.8 Å². The van der Waals surface area contributed by atoms with E-state index in [9.17, 15) is 44.7 Å². The quantitative estimate of drug-likeness (QED) is 0.384. The third kappa shape index (κ3) is 7.42. The van der Waals surface area contributed by atoms with Gasteiger partial charge in [0, 0.05) is 69.6 Å². The highest BCUT2D eigenvalue weighted by Crippen LogP contribution is 2.33. The zero-order valence-electron chi connectivity index (χ0n) is 23.2. The highest BCUT2D eigenvalue weighted by atomic mass is 19.4. The van der Waals surface area contributed by atoms with Gasteiger partial charge in [-0.1, -0.05) is 0 Å². The summed E-state index contributed by atoms with van der Waals surface area (Å²) >= 11 is 0. The van der Waals surface area contributed by atoms with Gasteiger partial charge in [0.25, 0.3) is 5.56 Å². The Morgan fingerprint density at radius 1 is 0.956 bits per heavy atom. The number of halogens is 8. The minimum atomic E-state index is -4.95. The number of carbonyl (C=O) groups is 1. The maximum Gasteiger partial charge on any atom is 0.421 e. The Morgan fingerprint density at radius 2 is 1.64 bits per heavy atom. The van der Waals surface area contributed by atoms with Gasteiger partial charge < -0.3 is 19.4 Å². The first-order valence-electron chi connectivity index (χ1n) is 13.7. The molecule has 18 heteroatoms. The van der Waals surface area contributed by atoms with E-state index in [1.54, 1.807) is 9.80 Å². The van der Waals surface area contributed by atoms with E-state index < -0.39 is 52.8 Å². The van der Waals surface area contributed by atoms with Crippen molar-refractivity contribution in [3.63, 3.8) is 0 Å². The van der Waals surface area contributed by atoms with Crippen LogP contribution in [0.1, 0.15) is 30.4 Å². The Kier molecular flexibility index (Phi) is 8.84. The third-order valence-corrected chi connectivity index (χ3v) is 7.53. The van der Waals surface area contributed by atoms with Gasteiger partial charge in [0.1, 0.15) is 23.2 Å². The van der Waals surface area contributed by atoms with Crippen LogP contribution < -0.4 is 20.1 Å². The smallest absolute Gasteiger partial charge is 0.421 e. The number of alkyl halides is 6. The molecule has 1 amide bonds. The van der Waals surface area contributed by atoms with Gasteiger partial charge in [0.05, 0.1) is 12.1 Å². The lowest BCUT2D eigenvalue weighted by atomic mass is 10.1. The second-order valence-electron chi connectivity index (χ2n) is 10.5. The molecule has 0 spiro atoms. The predicted molar refractivity (Wildman–Crippen MR) is 141 cm³/mol. The highest BCUT2D eigenvalue weighted by molar-refractivity contribution is 5.76. The van der Waals surface area contributed by atoms with Crippen molar-refractivity contribution in [3.8, 4) is 5.75 Å². The molecule has 45 heavy (non-hydrogen) atoms. The van der Waals surface area contributed by atoms with Crippen molar-refractivity contribution in [2.45, 2.75) is 43.8 Å². The normalized spacial score (nSPS) is 19.2. The molecule has 0 radical (unpaired) electrons. The molecule has 5 rings (SSSR count). The molecule has 2 aliphatic heterocycles. The van der Waals surface area contributed by atoms with Crippen LogP contribution in [0.4, 0.5) is 46.9 Å². The lowest BCUT2D eigenvalue weighted by Gasteiger charge is -2.35. The summed E-state index contributed by atoms with van der Waals surface area (Å²) in [6.07, 6.45) is -8.54. The third-order valence-electron chi connectivity index (χ3n) is 7.53. The van der Waals surface area contributed by atoms with Gasteiger partial charge in [0.2, 0.25) is 11.9 Å². The number of ether oxygens (including phenoxy) is 1. The summed E-state index contributed by atoms with van der Waals surface area (Å²) in [4.78, 5) is 37.1. The van der Waals surface area contributed by atoms with E-state index in [1.165, 1.54) is 11.0 Å². The minimum absolute atomic E-state index is 0.00381. The van der Waals surface area contributed by atoms with Crippen molar-refractivity contribution < 1.29 is 44.7 Å². The van der Waals surface area contributed by atoms with Crippen LogP contribution in [0.15, 0.2) is 41.5 Å². The SMILES string of the molecule is O=C(CC[C@@H]1C[C@@H](Oc2ccc(F)c(F)c2)CN1c1cc(C(F)(F)F)c(=O)[nH]n1)N1CCN(c2ncc(C(F)(F)F)cn2)CC1.